The standard InChI is InChI=1S/C63H122O17P2/c1-7-10-12-14-15-16-18-22-29-35-41-47-62(67)79-58(51-73-60(65)45-39-31-13-11-8-2)53-77-81(69,70)75-49-57(64)50-76-82(71,72)78-54-59(52-74-61(66)46-40-34-28-25-24-27-33-38-44-56(6)9-3)80-63(68)48-42-36-30-23-20-17-19-21-26-32-37-43-55(4)5/h55-59,64H,7-54H2,1-6H3,(H,69,70)(H,71,72)/t56?,57-,58+,59+/m0/s1. The van der Waals surface area contributed by atoms with Gasteiger partial charge >= 0.3 is 39.5 Å². The maximum Gasteiger partial charge on any atom is 0.472 e. The fourth-order valence-electron chi connectivity index (χ4n) is 9.32. The van der Waals surface area contributed by atoms with Crippen LogP contribution >= 0.6 is 15.6 Å². The highest BCUT2D eigenvalue weighted by Crippen LogP contribution is 2.45. The number of ether oxygens (including phenoxy) is 4. The van der Waals surface area contributed by atoms with Crippen LogP contribution in [0, 0.1) is 11.8 Å². The minimum Gasteiger partial charge on any atom is -0.462 e. The molecule has 0 aromatic rings. The summed E-state index contributed by atoms with van der Waals surface area (Å²) >= 11 is 0. The Balaban J connectivity index is 5.19. The molecule has 0 aromatic carbocycles. The molecule has 0 aliphatic rings. The molecule has 0 spiro atoms. The van der Waals surface area contributed by atoms with Crippen molar-refractivity contribution in [1.29, 1.82) is 0 Å². The van der Waals surface area contributed by atoms with Gasteiger partial charge in [-0.1, -0.05) is 260 Å². The summed E-state index contributed by atoms with van der Waals surface area (Å²) in [6.45, 7) is 9.40. The summed E-state index contributed by atoms with van der Waals surface area (Å²) in [5, 5.41) is 10.5. The van der Waals surface area contributed by atoms with Crippen LogP contribution in [0.15, 0.2) is 0 Å². The van der Waals surface area contributed by atoms with Crippen LogP contribution in [0.1, 0.15) is 311 Å². The van der Waals surface area contributed by atoms with E-state index in [1.807, 2.05) is 0 Å². The molecule has 3 N–H and O–H groups in total. The zero-order valence-corrected chi connectivity index (χ0v) is 54.6. The SMILES string of the molecule is CCCCCCCCCCCCCC(=O)O[C@H](COC(=O)CCCCCCC)COP(=O)(O)OC[C@H](O)COP(=O)(O)OC[C@@H](COC(=O)CCCCCCCCCCC(C)CC)OC(=O)CCCCCCCCCCCCCC(C)C. The van der Waals surface area contributed by atoms with Crippen LogP contribution in [-0.2, 0) is 65.4 Å². The van der Waals surface area contributed by atoms with Gasteiger partial charge in [-0.25, -0.2) is 9.13 Å². The molecule has 486 valence electrons. The van der Waals surface area contributed by atoms with E-state index in [2.05, 4.69) is 41.5 Å². The van der Waals surface area contributed by atoms with Gasteiger partial charge < -0.3 is 33.8 Å². The minimum absolute atomic E-state index is 0.106. The summed E-state index contributed by atoms with van der Waals surface area (Å²) in [4.78, 5) is 71.9. The Kier molecular flexibility index (Phi) is 54.3. The van der Waals surface area contributed by atoms with E-state index in [-0.39, 0.29) is 25.7 Å². The molecule has 19 heteroatoms. The van der Waals surface area contributed by atoms with Gasteiger partial charge in [-0.2, -0.15) is 0 Å². The van der Waals surface area contributed by atoms with E-state index < -0.39 is 97.5 Å². The molecule has 0 radical (unpaired) electrons. The Bertz CT molecular complexity index is 1620. The van der Waals surface area contributed by atoms with Crippen molar-refractivity contribution in [3.63, 3.8) is 0 Å². The van der Waals surface area contributed by atoms with Crippen LogP contribution in [0.25, 0.3) is 0 Å². The Hall–Kier alpha value is -1.94. The van der Waals surface area contributed by atoms with Crippen LogP contribution in [0.5, 0.6) is 0 Å². The monoisotopic (exact) mass is 1210 g/mol. The van der Waals surface area contributed by atoms with Crippen molar-refractivity contribution >= 4 is 39.5 Å². The minimum atomic E-state index is -4.94. The van der Waals surface area contributed by atoms with Gasteiger partial charge in [0, 0.05) is 25.7 Å². The summed E-state index contributed by atoms with van der Waals surface area (Å²) in [6, 6.07) is 0. The molecule has 0 rings (SSSR count). The van der Waals surface area contributed by atoms with E-state index in [1.165, 1.54) is 122 Å². The fraction of sp³-hybridized carbons (Fsp3) is 0.937. The molecule has 17 nitrogen and oxygen atoms in total. The third kappa shape index (κ3) is 55.9. The first-order valence-electron chi connectivity index (χ1n) is 33.0. The number of unbranched alkanes of at least 4 members (excludes halogenated alkanes) is 31. The number of hydrogen-bond acceptors (Lipinski definition) is 15. The van der Waals surface area contributed by atoms with Crippen molar-refractivity contribution in [1.82, 2.24) is 0 Å². The van der Waals surface area contributed by atoms with Gasteiger partial charge in [-0.05, 0) is 37.5 Å². The first-order valence-corrected chi connectivity index (χ1v) is 36.0. The van der Waals surface area contributed by atoms with Gasteiger partial charge in [0.15, 0.2) is 12.2 Å². The Morgan fingerprint density at radius 3 is 0.927 bits per heavy atom. The fourth-order valence-corrected chi connectivity index (χ4v) is 10.9. The summed E-state index contributed by atoms with van der Waals surface area (Å²) in [7, 11) is -9.88. The van der Waals surface area contributed by atoms with Crippen molar-refractivity contribution in [2.24, 2.45) is 11.8 Å². The third-order valence-electron chi connectivity index (χ3n) is 14.8. The second-order valence-corrected chi connectivity index (χ2v) is 26.4. The molecule has 0 heterocycles. The topological polar surface area (TPSA) is 237 Å². The molecule has 0 saturated carbocycles. The van der Waals surface area contributed by atoms with E-state index in [9.17, 15) is 43.2 Å². The van der Waals surface area contributed by atoms with E-state index in [0.717, 1.165) is 108 Å². The molecule has 6 atom stereocenters. The predicted molar refractivity (Wildman–Crippen MR) is 326 cm³/mol. The molecule has 0 saturated heterocycles. The maximum atomic E-state index is 13.0. The zero-order valence-electron chi connectivity index (χ0n) is 52.8. The van der Waals surface area contributed by atoms with Crippen LogP contribution in [0.3, 0.4) is 0 Å². The Labute approximate surface area is 498 Å². The molecular formula is C63H122O17P2. The molecule has 0 aliphatic heterocycles. The van der Waals surface area contributed by atoms with Crippen molar-refractivity contribution < 1.29 is 80.2 Å². The van der Waals surface area contributed by atoms with Crippen molar-refractivity contribution in [2.45, 2.75) is 330 Å². The van der Waals surface area contributed by atoms with E-state index >= 15 is 0 Å². The molecule has 3 unspecified atom stereocenters. The van der Waals surface area contributed by atoms with Crippen molar-refractivity contribution in [3.05, 3.63) is 0 Å². The van der Waals surface area contributed by atoms with Crippen molar-refractivity contribution in [3.8, 4) is 0 Å². The molecule has 0 aromatic heterocycles. The molecule has 82 heavy (non-hydrogen) atoms. The number of hydrogen-bond donors (Lipinski definition) is 3. The lowest BCUT2D eigenvalue weighted by Gasteiger charge is -2.21. The van der Waals surface area contributed by atoms with Crippen LogP contribution in [0.2, 0.25) is 0 Å². The lowest BCUT2D eigenvalue weighted by atomic mass is 9.99. The highest BCUT2D eigenvalue weighted by atomic mass is 31.2. The highest BCUT2D eigenvalue weighted by molar-refractivity contribution is 7.47. The first-order chi connectivity index (χ1) is 39.4. The Morgan fingerprint density at radius 1 is 0.354 bits per heavy atom. The molecule has 0 bridgehead atoms. The number of carbonyl (C=O) groups excluding carboxylic acids is 4. The highest BCUT2D eigenvalue weighted by Gasteiger charge is 2.30. The number of esters is 4. The van der Waals surface area contributed by atoms with Gasteiger partial charge in [0.05, 0.1) is 26.4 Å². The number of aliphatic hydroxyl groups excluding tert-OH is 1. The van der Waals surface area contributed by atoms with E-state index in [4.69, 9.17) is 37.0 Å². The quantitative estimate of drug-likeness (QED) is 0.0222. The average Bonchev–Trinajstić information content (AvgIpc) is 3.45. The number of rotatable bonds is 62. The predicted octanol–water partition coefficient (Wildman–Crippen LogP) is 17.3. The number of phosphoric ester groups is 2. The Morgan fingerprint density at radius 2 is 0.622 bits per heavy atom. The normalized spacial score (nSPS) is 14.7. The number of carbonyl (C=O) groups is 4. The van der Waals surface area contributed by atoms with Crippen LogP contribution in [-0.4, -0.2) is 96.7 Å². The lowest BCUT2D eigenvalue weighted by Crippen LogP contribution is -2.30. The molecule has 0 amide bonds. The number of phosphoric acid groups is 2. The van der Waals surface area contributed by atoms with Crippen LogP contribution < -0.4 is 0 Å². The smallest absolute Gasteiger partial charge is 0.462 e. The maximum absolute atomic E-state index is 13.0. The number of aliphatic hydroxyl groups is 1. The lowest BCUT2D eigenvalue weighted by molar-refractivity contribution is -0.161. The average molecular weight is 1210 g/mol. The first kappa shape index (κ1) is 80.1. The van der Waals surface area contributed by atoms with E-state index in [0.29, 0.717) is 25.7 Å². The summed E-state index contributed by atoms with van der Waals surface area (Å²) < 4.78 is 67.8. The second kappa shape index (κ2) is 55.6. The summed E-state index contributed by atoms with van der Waals surface area (Å²) in [6.07, 6.45) is 37.8. The second-order valence-electron chi connectivity index (χ2n) is 23.5. The van der Waals surface area contributed by atoms with Gasteiger partial charge in [0.25, 0.3) is 0 Å². The summed E-state index contributed by atoms with van der Waals surface area (Å²) in [5.74, 6) is -0.602. The zero-order chi connectivity index (χ0) is 60.8. The molecule has 0 aliphatic carbocycles. The van der Waals surface area contributed by atoms with Crippen LogP contribution in [0.4, 0.5) is 0 Å². The van der Waals surface area contributed by atoms with Gasteiger partial charge in [0.2, 0.25) is 0 Å². The van der Waals surface area contributed by atoms with E-state index in [1.54, 1.807) is 0 Å². The van der Waals surface area contributed by atoms with Gasteiger partial charge in [-0.3, -0.25) is 37.3 Å². The third-order valence-corrected chi connectivity index (χ3v) is 16.7. The van der Waals surface area contributed by atoms with Gasteiger partial charge in [-0.15, -0.1) is 0 Å². The summed E-state index contributed by atoms with van der Waals surface area (Å²) in [5.41, 5.74) is 0. The molecular weight excluding hydrogens is 1090 g/mol. The molecule has 0 fully saturated rings. The van der Waals surface area contributed by atoms with Crippen molar-refractivity contribution in [2.75, 3.05) is 39.6 Å². The largest absolute Gasteiger partial charge is 0.472 e. The van der Waals surface area contributed by atoms with Gasteiger partial charge in [0.1, 0.15) is 19.3 Å².